The van der Waals surface area contributed by atoms with Gasteiger partial charge in [0.05, 0.1) is 0 Å². The number of ether oxygens (including phenoxy) is 1. The van der Waals surface area contributed by atoms with Gasteiger partial charge >= 0.3 is 0 Å². The maximum Gasteiger partial charge on any atom is 0.245 e. The summed E-state index contributed by atoms with van der Waals surface area (Å²) in [5.41, 5.74) is 0.738. The maximum absolute atomic E-state index is 13.9. The molecule has 0 spiro atoms. The molecule has 21 heavy (non-hydrogen) atoms. The van der Waals surface area contributed by atoms with E-state index >= 15 is 0 Å². The van der Waals surface area contributed by atoms with Crippen LogP contribution in [0, 0.1) is 5.82 Å². The van der Waals surface area contributed by atoms with E-state index in [1.165, 1.54) is 19.2 Å². The van der Waals surface area contributed by atoms with Crippen molar-refractivity contribution in [2.24, 2.45) is 0 Å². The predicted octanol–water partition coefficient (Wildman–Crippen LogP) is 1.59. The molecule has 1 N–H and O–H groups in total. The number of sulfonamides is 1. The van der Waals surface area contributed by atoms with Crippen LogP contribution in [0.3, 0.4) is 0 Å². The summed E-state index contributed by atoms with van der Waals surface area (Å²) in [6.07, 6.45) is 0.560. The van der Waals surface area contributed by atoms with Gasteiger partial charge in [-0.3, -0.25) is 0 Å². The minimum Gasteiger partial charge on any atom is -0.385 e. The number of hydrogen-bond donors (Lipinski definition) is 1. The topological polar surface area (TPSA) is 58.6 Å². The fourth-order valence-electron chi connectivity index (χ4n) is 1.84. The van der Waals surface area contributed by atoms with E-state index in [9.17, 15) is 12.8 Å². The normalized spacial score (nSPS) is 12.0. The molecule has 0 fully saturated rings. The van der Waals surface area contributed by atoms with E-state index in [0.717, 1.165) is 16.4 Å². The fraction of sp³-hybridized carbons (Fsp3) is 0.571. The van der Waals surface area contributed by atoms with Gasteiger partial charge in [0.2, 0.25) is 10.0 Å². The first-order valence-electron chi connectivity index (χ1n) is 6.88. The molecule has 0 aliphatic rings. The lowest BCUT2D eigenvalue weighted by Crippen LogP contribution is -2.29. The molecular weight excluding hydrogens is 295 g/mol. The summed E-state index contributed by atoms with van der Waals surface area (Å²) in [5.74, 6) is -0.728. The van der Waals surface area contributed by atoms with Gasteiger partial charge in [-0.2, -0.15) is 0 Å². The van der Waals surface area contributed by atoms with Gasteiger partial charge in [-0.1, -0.05) is 13.0 Å². The number of nitrogens with zero attached hydrogens (tertiary/aromatic N) is 1. The van der Waals surface area contributed by atoms with E-state index in [-0.39, 0.29) is 11.4 Å². The van der Waals surface area contributed by atoms with Crippen molar-refractivity contribution >= 4 is 10.0 Å². The highest BCUT2D eigenvalue weighted by Crippen LogP contribution is 2.20. The molecule has 0 atom stereocenters. The fourth-order valence-corrected chi connectivity index (χ4v) is 3.16. The predicted molar refractivity (Wildman–Crippen MR) is 80.1 cm³/mol. The molecule has 0 saturated heterocycles. The zero-order valence-electron chi connectivity index (χ0n) is 12.7. The first kappa shape index (κ1) is 18.0. The Bertz CT molecular complexity index is 549. The van der Waals surface area contributed by atoms with Gasteiger partial charge in [0.1, 0.15) is 10.7 Å². The van der Waals surface area contributed by atoms with Gasteiger partial charge in [-0.05, 0) is 30.7 Å². The summed E-state index contributed by atoms with van der Waals surface area (Å²) in [7, 11) is -0.823. The molecule has 0 saturated carbocycles. The molecule has 0 aliphatic carbocycles. The second-order valence-corrected chi connectivity index (χ2v) is 6.73. The number of rotatable bonds is 9. The Hall–Kier alpha value is -1.02. The van der Waals surface area contributed by atoms with Gasteiger partial charge in [-0.15, -0.1) is 0 Å². The molecule has 1 aromatic carbocycles. The summed E-state index contributed by atoms with van der Waals surface area (Å²) in [6, 6.07) is 4.17. The van der Waals surface area contributed by atoms with E-state index in [4.69, 9.17) is 4.74 Å². The average molecular weight is 318 g/mol. The molecule has 0 bridgehead atoms. The van der Waals surface area contributed by atoms with Gasteiger partial charge in [-0.25, -0.2) is 17.1 Å². The van der Waals surface area contributed by atoms with Crippen molar-refractivity contribution in [3.63, 3.8) is 0 Å². The van der Waals surface area contributed by atoms with Crippen molar-refractivity contribution in [1.82, 2.24) is 9.62 Å². The molecule has 1 rings (SSSR count). The van der Waals surface area contributed by atoms with E-state index in [0.29, 0.717) is 19.6 Å². The molecule has 0 aliphatic heterocycles. The van der Waals surface area contributed by atoms with Crippen molar-refractivity contribution in [3.8, 4) is 0 Å². The summed E-state index contributed by atoms with van der Waals surface area (Å²) >= 11 is 0. The quantitative estimate of drug-likeness (QED) is 0.703. The van der Waals surface area contributed by atoms with Crippen LogP contribution in [0.5, 0.6) is 0 Å². The van der Waals surface area contributed by atoms with Crippen LogP contribution in [-0.4, -0.2) is 46.6 Å². The molecule has 0 aromatic heterocycles. The Balaban J connectivity index is 2.95. The Kier molecular flexibility index (Phi) is 7.24. The summed E-state index contributed by atoms with van der Waals surface area (Å²) in [4.78, 5) is -0.280. The lowest BCUT2D eigenvalue weighted by Gasteiger charge is -2.18. The lowest BCUT2D eigenvalue weighted by molar-refractivity contribution is 0.189. The van der Waals surface area contributed by atoms with Gasteiger partial charge in [0, 0.05) is 33.9 Å². The zero-order valence-corrected chi connectivity index (χ0v) is 13.5. The first-order valence-corrected chi connectivity index (χ1v) is 8.32. The first-order chi connectivity index (χ1) is 9.93. The van der Waals surface area contributed by atoms with E-state index in [1.54, 1.807) is 13.2 Å². The lowest BCUT2D eigenvalue weighted by atomic mass is 10.2. The standard InChI is InChI=1S/C14H23FN2O3S/c1-4-16-11-12-6-7-13(15)14(10-12)21(18,19)17(2)8-5-9-20-3/h6-7,10,16H,4-5,8-9,11H2,1-3H3. The van der Waals surface area contributed by atoms with E-state index < -0.39 is 15.8 Å². The van der Waals surface area contributed by atoms with Crippen molar-refractivity contribution in [2.75, 3.05) is 33.9 Å². The third kappa shape index (κ3) is 5.03. The van der Waals surface area contributed by atoms with E-state index in [1.807, 2.05) is 6.92 Å². The van der Waals surface area contributed by atoms with Crippen LogP contribution < -0.4 is 5.32 Å². The number of halogens is 1. The Morgan fingerprint density at radius 1 is 1.38 bits per heavy atom. The Labute approximate surface area is 126 Å². The van der Waals surface area contributed by atoms with Crippen LogP contribution in [0.15, 0.2) is 23.1 Å². The largest absolute Gasteiger partial charge is 0.385 e. The molecular formula is C14H23FN2O3S. The van der Waals surface area contributed by atoms with Gasteiger partial charge in [0.15, 0.2) is 0 Å². The van der Waals surface area contributed by atoms with Crippen molar-refractivity contribution < 1.29 is 17.5 Å². The van der Waals surface area contributed by atoms with Crippen LogP contribution >= 0.6 is 0 Å². The molecule has 0 amide bonds. The molecule has 0 unspecified atom stereocenters. The third-order valence-electron chi connectivity index (χ3n) is 3.08. The summed E-state index contributed by atoms with van der Waals surface area (Å²) in [5, 5.41) is 3.09. The molecule has 0 radical (unpaired) electrons. The number of methoxy groups -OCH3 is 1. The maximum atomic E-state index is 13.9. The minimum absolute atomic E-state index is 0.280. The molecule has 7 heteroatoms. The summed E-state index contributed by atoms with van der Waals surface area (Å²) in [6.45, 7) is 3.96. The van der Waals surface area contributed by atoms with Crippen molar-refractivity contribution in [3.05, 3.63) is 29.6 Å². The highest BCUT2D eigenvalue weighted by Gasteiger charge is 2.24. The molecule has 5 nitrogen and oxygen atoms in total. The highest BCUT2D eigenvalue weighted by molar-refractivity contribution is 7.89. The van der Waals surface area contributed by atoms with Crippen molar-refractivity contribution in [1.29, 1.82) is 0 Å². The smallest absolute Gasteiger partial charge is 0.245 e. The van der Waals surface area contributed by atoms with Gasteiger partial charge < -0.3 is 10.1 Å². The van der Waals surface area contributed by atoms with E-state index in [2.05, 4.69) is 5.32 Å². The average Bonchev–Trinajstić information content (AvgIpc) is 2.46. The second-order valence-electron chi connectivity index (χ2n) is 4.72. The van der Waals surface area contributed by atoms with Crippen LogP contribution in [0.4, 0.5) is 4.39 Å². The molecule has 0 heterocycles. The van der Waals surface area contributed by atoms with Crippen LogP contribution in [0.2, 0.25) is 0 Å². The van der Waals surface area contributed by atoms with Crippen LogP contribution in [0.1, 0.15) is 18.9 Å². The summed E-state index contributed by atoms with van der Waals surface area (Å²) < 4.78 is 44.7. The number of nitrogens with one attached hydrogen (secondary N) is 1. The van der Waals surface area contributed by atoms with Crippen LogP contribution in [-0.2, 0) is 21.3 Å². The zero-order chi connectivity index (χ0) is 15.9. The Morgan fingerprint density at radius 3 is 2.71 bits per heavy atom. The third-order valence-corrected chi connectivity index (χ3v) is 4.96. The monoisotopic (exact) mass is 318 g/mol. The Morgan fingerprint density at radius 2 is 2.10 bits per heavy atom. The molecule has 120 valence electrons. The second kappa shape index (κ2) is 8.43. The van der Waals surface area contributed by atoms with Gasteiger partial charge in [0.25, 0.3) is 0 Å². The number of hydrogen-bond acceptors (Lipinski definition) is 4. The SMILES string of the molecule is CCNCc1ccc(F)c(S(=O)(=O)N(C)CCCOC)c1. The van der Waals surface area contributed by atoms with Crippen molar-refractivity contribution in [2.45, 2.75) is 24.8 Å². The minimum atomic E-state index is -3.82. The van der Waals surface area contributed by atoms with Crippen LogP contribution in [0.25, 0.3) is 0 Å². The number of benzene rings is 1. The highest BCUT2D eigenvalue weighted by atomic mass is 32.2. The molecule has 1 aromatic rings.